The molecule has 2 heterocycles. The summed E-state index contributed by atoms with van der Waals surface area (Å²) in [5, 5.41) is 12.2. The zero-order valence-corrected chi connectivity index (χ0v) is 14.3. The molecule has 0 fully saturated rings. The minimum atomic E-state index is -0.693. The quantitative estimate of drug-likeness (QED) is 0.372. The molecule has 0 saturated heterocycles. The first-order valence-electron chi connectivity index (χ1n) is 7.27. The average Bonchev–Trinajstić information content (AvgIpc) is 3.28. The number of rotatable bonds is 6. The molecule has 1 aromatic carbocycles. The van der Waals surface area contributed by atoms with Crippen LogP contribution in [-0.2, 0) is 16.1 Å². The number of nitrogens with zero attached hydrogens (tertiary/aromatic N) is 3. The maximum absolute atomic E-state index is 11.2. The van der Waals surface area contributed by atoms with Gasteiger partial charge in [0.15, 0.2) is 17.5 Å². The normalized spacial score (nSPS) is 11.2. The van der Waals surface area contributed by atoms with Crippen LogP contribution in [0.3, 0.4) is 0 Å². The third-order valence-electron chi connectivity index (χ3n) is 3.03. The first kappa shape index (κ1) is 17.4. The van der Waals surface area contributed by atoms with Gasteiger partial charge in [-0.25, -0.2) is 14.6 Å². The van der Waals surface area contributed by atoms with Crippen LogP contribution in [0.1, 0.15) is 17.1 Å². The van der Waals surface area contributed by atoms with Crippen molar-refractivity contribution in [2.24, 2.45) is 5.16 Å². The molecule has 0 aliphatic rings. The van der Waals surface area contributed by atoms with E-state index < -0.39 is 11.8 Å². The van der Waals surface area contributed by atoms with E-state index in [-0.39, 0.29) is 12.4 Å². The van der Waals surface area contributed by atoms with Gasteiger partial charge in [0.25, 0.3) is 0 Å². The van der Waals surface area contributed by atoms with Gasteiger partial charge in [0.05, 0.1) is 5.69 Å². The van der Waals surface area contributed by atoms with Crippen LogP contribution in [-0.4, -0.2) is 35.0 Å². The highest BCUT2D eigenvalue weighted by atomic mass is 32.1. The van der Waals surface area contributed by atoms with Crippen LogP contribution < -0.4 is 11.1 Å². The van der Waals surface area contributed by atoms with Gasteiger partial charge in [-0.1, -0.05) is 40.6 Å². The zero-order valence-electron chi connectivity index (χ0n) is 13.5. The summed E-state index contributed by atoms with van der Waals surface area (Å²) in [6, 6.07) is 9.05. The SMILES string of the molecule is BOC(=O)Nc1nc(CO/N=C(\c2ccccc2)c2noc(=O)[nH]2)cs1. The maximum Gasteiger partial charge on any atom is 0.439 e. The van der Waals surface area contributed by atoms with Crippen LogP contribution in [0.4, 0.5) is 9.93 Å². The monoisotopic (exact) mass is 373 g/mol. The number of benzene rings is 1. The number of carbonyl (C=O) groups excluding carboxylic acids is 1. The molecule has 0 unspecified atom stereocenters. The van der Waals surface area contributed by atoms with Gasteiger partial charge in [-0.3, -0.25) is 14.8 Å². The standard InChI is InChI=1S/C14H12BN5O5S/c15-24-13(21)18-12-16-9(7-26-12)6-23-19-10(8-4-2-1-3-5-8)11-17-14(22)25-20-11/h1-5,7H,6,15H2,(H,16,18,21)(H,17,20,22)/b19-10+. The van der Waals surface area contributed by atoms with Gasteiger partial charge in [0.2, 0.25) is 5.82 Å². The van der Waals surface area contributed by atoms with Crippen LogP contribution in [0.5, 0.6) is 0 Å². The Hall–Kier alpha value is -3.41. The lowest BCUT2D eigenvalue weighted by molar-refractivity contribution is 0.128. The predicted octanol–water partition coefficient (Wildman–Crippen LogP) is 0.885. The number of thiazole rings is 1. The number of carbonyl (C=O) groups is 1. The fourth-order valence-electron chi connectivity index (χ4n) is 1.89. The van der Waals surface area contributed by atoms with E-state index in [2.05, 4.69) is 34.8 Å². The molecule has 0 saturated carbocycles. The molecule has 0 atom stereocenters. The summed E-state index contributed by atoms with van der Waals surface area (Å²) < 4.78 is 9.02. The molecule has 132 valence electrons. The Morgan fingerprint density at radius 1 is 1.38 bits per heavy atom. The summed E-state index contributed by atoms with van der Waals surface area (Å²) in [5.74, 6) is -0.547. The Bertz CT molecular complexity index is 967. The number of aromatic nitrogens is 3. The van der Waals surface area contributed by atoms with Crippen molar-refractivity contribution in [2.75, 3.05) is 5.32 Å². The molecule has 26 heavy (non-hydrogen) atoms. The third kappa shape index (κ3) is 4.36. The van der Waals surface area contributed by atoms with Gasteiger partial charge >= 0.3 is 19.9 Å². The highest BCUT2D eigenvalue weighted by molar-refractivity contribution is 7.13. The second kappa shape index (κ2) is 8.12. The highest BCUT2D eigenvalue weighted by Crippen LogP contribution is 2.16. The number of aromatic amines is 1. The molecule has 10 nitrogen and oxygen atoms in total. The zero-order chi connectivity index (χ0) is 18.4. The molecule has 3 aromatic rings. The molecule has 0 aliphatic heterocycles. The smallest absolute Gasteiger partial charge is 0.439 e. The van der Waals surface area contributed by atoms with E-state index in [1.807, 2.05) is 18.2 Å². The number of H-pyrrole nitrogens is 1. The molecule has 0 aliphatic carbocycles. The van der Waals surface area contributed by atoms with E-state index in [1.54, 1.807) is 17.5 Å². The summed E-state index contributed by atoms with van der Waals surface area (Å²) in [7, 11) is 1.26. The highest BCUT2D eigenvalue weighted by Gasteiger charge is 2.13. The lowest BCUT2D eigenvalue weighted by Crippen LogP contribution is -2.11. The van der Waals surface area contributed by atoms with Crippen LogP contribution >= 0.6 is 11.3 Å². The van der Waals surface area contributed by atoms with Crippen molar-refractivity contribution in [3.05, 3.63) is 63.3 Å². The lowest BCUT2D eigenvalue weighted by atomic mass is 10.1. The van der Waals surface area contributed by atoms with Gasteiger partial charge in [-0.05, 0) is 0 Å². The minimum Gasteiger partial charge on any atom is -0.528 e. The second-order valence-corrected chi connectivity index (χ2v) is 5.64. The molecule has 0 bridgehead atoms. The molecule has 12 heteroatoms. The topological polar surface area (TPSA) is 132 Å². The number of amides is 1. The Balaban J connectivity index is 1.73. The van der Waals surface area contributed by atoms with Crippen LogP contribution in [0.2, 0.25) is 0 Å². The van der Waals surface area contributed by atoms with Crippen LogP contribution in [0.15, 0.2) is 50.2 Å². The summed E-state index contributed by atoms with van der Waals surface area (Å²) in [6.45, 7) is 0.0533. The summed E-state index contributed by atoms with van der Waals surface area (Å²) >= 11 is 1.22. The van der Waals surface area contributed by atoms with E-state index in [0.717, 1.165) is 0 Å². The maximum atomic E-state index is 11.2. The van der Waals surface area contributed by atoms with Crippen LogP contribution in [0, 0.1) is 0 Å². The van der Waals surface area contributed by atoms with E-state index in [9.17, 15) is 9.59 Å². The molecular formula is C14H12BN5O5S. The fraction of sp³-hybridized carbons (Fsp3) is 0.0714. The molecule has 1 amide bonds. The Labute approximate surface area is 151 Å². The number of nitrogens with one attached hydrogen (secondary N) is 2. The Kier molecular flexibility index (Phi) is 5.44. The fourth-order valence-corrected chi connectivity index (χ4v) is 2.57. The molecule has 2 aromatic heterocycles. The van der Waals surface area contributed by atoms with Crippen molar-refractivity contribution in [3.63, 3.8) is 0 Å². The van der Waals surface area contributed by atoms with Crippen molar-refractivity contribution in [2.45, 2.75) is 6.61 Å². The van der Waals surface area contributed by atoms with Crippen molar-refractivity contribution >= 4 is 36.3 Å². The molecule has 2 N–H and O–H groups in total. The van der Waals surface area contributed by atoms with Crippen molar-refractivity contribution < 1.29 is 18.8 Å². The van der Waals surface area contributed by atoms with Crippen molar-refractivity contribution in [3.8, 4) is 0 Å². The summed E-state index contributed by atoms with van der Waals surface area (Å²) in [6.07, 6.45) is -0.605. The minimum absolute atomic E-state index is 0.0533. The van der Waals surface area contributed by atoms with Gasteiger partial charge in [0.1, 0.15) is 0 Å². The largest absolute Gasteiger partial charge is 0.528 e. The van der Waals surface area contributed by atoms with E-state index >= 15 is 0 Å². The van der Waals surface area contributed by atoms with Gasteiger partial charge in [-0.2, -0.15) is 0 Å². The second-order valence-electron chi connectivity index (χ2n) is 4.78. The third-order valence-corrected chi connectivity index (χ3v) is 3.83. The molecule has 3 rings (SSSR count). The summed E-state index contributed by atoms with van der Waals surface area (Å²) in [5.41, 5.74) is 1.55. The Morgan fingerprint density at radius 2 is 2.19 bits per heavy atom. The Morgan fingerprint density at radius 3 is 2.88 bits per heavy atom. The number of hydrogen-bond acceptors (Lipinski definition) is 9. The van der Waals surface area contributed by atoms with Crippen LogP contribution in [0.25, 0.3) is 0 Å². The number of anilines is 1. The number of hydrogen-bond donors (Lipinski definition) is 2. The molecule has 0 spiro atoms. The van der Waals surface area contributed by atoms with Gasteiger partial charge in [0, 0.05) is 10.9 Å². The molecular weight excluding hydrogens is 361 g/mol. The summed E-state index contributed by atoms with van der Waals surface area (Å²) in [4.78, 5) is 34.3. The van der Waals surface area contributed by atoms with E-state index in [0.29, 0.717) is 22.1 Å². The van der Waals surface area contributed by atoms with Gasteiger partial charge < -0.3 is 9.49 Å². The van der Waals surface area contributed by atoms with E-state index in [1.165, 1.54) is 19.4 Å². The van der Waals surface area contributed by atoms with Crippen molar-refractivity contribution in [1.29, 1.82) is 0 Å². The first-order valence-corrected chi connectivity index (χ1v) is 8.15. The first-order chi connectivity index (χ1) is 12.7. The number of oxime groups is 1. The average molecular weight is 373 g/mol. The van der Waals surface area contributed by atoms with Crippen molar-refractivity contribution in [1.82, 2.24) is 15.1 Å². The van der Waals surface area contributed by atoms with Gasteiger partial charge in [-0.15, -0.1) is 11.3 Å². The molecule has 0 radical (unpaired) electrons. The van der Waals surface area contributed by atoms with E-state index in [4.69, 9.17) is 4.84 Å². The predicted molar refractivity (Wildman–Crippen MR) is 94.8 cm³/mol. The lowest BCUT2D eigenvalue weighted by Gasteiger charge is -2.03.